The zero-order valence-corrected chi connectivity index (χ0v) is 27.0. The van der Waals surface area contributed by atoms with E-state index in [9.17, 15) is 9.59 Å². The van der Waals surface area contributed by atoms with Crippen molar-refractivity contribution >= 4 is 8.32 Å². The molecular formula is C35H43N3O4Si. The number of nitrogens with zero attached hydrogens (tertiary/aromatic N) is 1. The summed E-state index contributed by atoms with van der Waals surface area (Å²) in [5.74, 6) is 0. The van der Waals surface area contributed by atoms with Crippen LogP contribution in [-0.2, 0) is 14.7 Å². The van der Waals surface area contributed by atoms with Crippen molar-refractivity contribution in [3.05, 3.63) is 140 Å². The van der Waals surface area contributed by atoms with Crippen LogP contribution in [0, 0.1) is 6.92 Å². The molecule has 7 nitrogen and oxygen atoms in total. The van der Waals surface area contributed by atoms with Gasteiger partial charge in [0.1, 0.15) is 6.23 Å². The van der Waals surface area contributed by atoms with Gasteiger partial charge in [-0.1, -0.05) is 112 Å². The molecule has 2 heterocycles. The molecule has 0 unspecified atom stereocenters. The Morgan fingerprint density at radius 1 is 0.884 bits per heavy atom. The van der Waals surface area contributed by atoms with Gasteiger partial charge in [-0.3, -0.25) is 19.7 Å². The number of benzene rings is 3. The van der Waals surface area contributed by atoms with Gasteiger partial charge in [0.2, 0.25) is 0 Å². The predicted molar refractivity (Wildman–Crippen MR) is 174 cm³/mol. The molecule has 8 heteroatoms. The van der Waals surface area contributed by atoms with Crippen LogP contribution in [0.25, 0.3) is 0 Å². The number of rotatable bonds is 9. The van der Waals surface area contributed by atoms with E-state index in [1.54, 1.807) is 13.1 Å². The van der Waals surface area contributed by atoms with E-state index in [2.05, 4.69) is 117 Å². The number of aryl methyl sites for hydroxylation is 1. The molecule has 0 radical (unpaired) electrons. The van der Waals surface area contributed by atoms with Crippen molar-refractivity contribution in [2.75, 3.05) is 6.61 Å². The zero-order chi connectivity index (χ0) is 30.8. The number of aromatic amines is 1. The second kappa shape index (κ2) is 12.2. The Morgan fingerprint density at radius 2 is 1.37 bits per heavy atom. The van der Waals surface area contributed by atoms with Crippen molar-refractivity contribution in [3.8, 4) is 0 Å². The van der Waals surface area contributed by atoms with E-state index in [1.807, 2.05) is 18.2 Å². The Bertz CT molecular complexity index is 1530. The third kappa shape index (κ3) is 6.24. The maximum Gasteiger partial charge on any atom is 0.330 e. The fourth-order valence-corrected chi connectivity index (χ4v) is 6.62. The molecule has 0 amide bonds. The van der Waals surface area contributed by atoms with Gasteiger partial charge >= 0.3 is 5.69 Å². The fraction of sp³-hybridized carbons (Fsp3) is 0.371. The van der Waals surface area contributed by atoms with E-state index < -0.39 is 25.8 Å². The molecule has 3 aromatic carbocycles. The molecule has 1 aliphatic rings. The molecule has 0 aliphatic carbocycles. The van der Waals surface area contributed by atoms with Crippen LogP contribution in [0.1, 0.15) is 55.7 Å². The van der Waals surface area contributed by atoms with E-state index in [0.717, 1.165) is 16.7 Å². The van der Waals surface area contributed by atoms with Crippen molar-refractivity contribution in [1.82, 2.24) is 14.9 Å². The lowest BCUT2D eigenvalue weighted by atomic mass is 9.76. The van der Waals surface area contributed by atoms with E-state index in [4.69, 9.17) is 9.16 Å². The maximum atomic E-state index is 13.0. The number of hydrogen-bond acceptors (Lipinski definition) is 5. The molecule has 1 saturated heterocycles. The molecule has 4 aromatic rings. The number of hydrogen-bond donors (Lipinski definition) is 2. The van der Waals surface area contributed by atoms with Gasteiger partial charge in [0.25, 0.3) is 5.56 Å². The monoisotopic (exact) mass is 597 g/mol. The molecule has 226 valence electrons. The highest BCUT2D eigenvalue weighted by atomic mass is 28.4. The Morgan fingerprint density at radius 3 is 1.84 bits per heavy atom. The second-order valence-corrected chi connectivity index (χ2v) is 17.8. The summed E-state index contributed by atoms with van der Waals surface area (Å²) in [7, 11) is -2.10. The first-order chi connectivity index (χ1) is 20.4. The van der Waals surface area contributed by atoms with Crippen molar-refractivity contribution < 1.29 is 9.16 Å². The Hall–Kier alpha value is -3.56. The predicted octanol–water partition coefficient (Wildman–Crippen LogP) is 6.10. The van der Waals surface area contributed by atoms with E-state index in [0.29, 0.717) is 18.6 Å². The van der Waals surface area contributed by atoms with Gasteiger partial charge in [-0.25, -0.2) is 4.79 Å². The lowest BCUT2D eigenvalue weighted by molar-refractivity contribution is -0.0276. The van der Waals surface area contributed by atoms with Crippen LogP contribution in [0.3, 0.4) is 0 Å². The minimum Gasteiger partial charge on any atom is -0.414 e. The minimum atomic E-state index is -2.10. The molecule has 1 fully saturated rings. The van der Waals surface area contributed by atoms with E-state index in [1.165, 1.54) is 4.57 Å². The normalized spacial score (nSPS) is 19.4. The molecule has 0 saturated carbocycles. The van der Waals surface area contributed by atoms with Crippen LogP contribution >= 0.6 is 0 Å². The molecular weight excluding hydrogens is 554 g/mol. The summed E-state index contributed by atoms with van der Waals surface area (Å²) in [5.41, 5.74) is 2.16. The summed E-state index contributed by atoms with van der Waals surface area (Å²) in [6.45, 7) is 13.2. The number of nitrogens with one attached hydrogen (secondary N) is 2. The Balaban J connectivity index is 1.62. The molecule has 0 bridgehead atoms. The van der Waals surface area contributed by atoms with Gasteiger partial charge in [-0.2, -0.15) is 0 Å². The highest BCUT2D eigenvalue weighted by Crippen LogP contribution is 2.41. The van der Waals surface area contributed by atoms with Crippen LogP contribution in [0.4, 0.5) is 0 Å². The van der Waals surface area contributed by atoms with Crippen molar-refractivity contribution in [1.29, 1.82) is 0 Å². The topological polar surface area (TPSA) is 85.3 Å². The van der Waals surface area contributed by atoms with Gasteiger partial charge in [0.15, 0.2) is 8.32 Å². The smallest absolute Gasteiger partial charge is 0.330 e. The van der Waals surface area contributed by atoms with E-state index >= 15 is 0 Å². The molecule has 43 heavy (non-hydrogen) atoms. The number of aromatic nitrogens is 2. The van der Waals surface area contributed by atoms with Crippen molar-refractivity contribution in [2.24, 2.45) is 0 Å². The first-order valence-electron chi connectivity index (χ1n) is 15.0. The zero-order valence-electron chi connectivity index (χ0n) is 26.0. The Labute approximate surface area is 255 Å². The second-order valence-electron chi connectivity index (χ2n) is 13.0. The summed E-state index contributed by atoms with van der Waals surface area (Å²) < 4.78 is 14.9. The third-order valence-corrected chi connectivity index (χ3v) is 13.6. The fourth-order valence-electron chi connectivity index (χ4n) is 5.61. The molecule has 1 aromatic heterocycles. The average molecular weight is 598 g/mol. The van der Waals surface area contributed by atoms with Crippen molar-refractivity contribution in [2.45, 2.75) is 76.2 Å². The summed E-state index contributed by atoms with van der Waals surface area (Å²) >= 11 is 0. The molecule has 2 N–H and O–H groups in total. The summed E-state index contributed by atoms with van der Waals surface area (Å²) in [4.78, 5) is 27.6. The van der Waals surface area contributed by atoms with Crippen molar-refractivity contribution in [3.63, 3.8) is 0 Å². The number of ether oxygens (including phenoxy) is 1. The third-order valence-electron chi connectivity index (χ3n) is 9.13. The van der Waals surface area contributed by atoms with E-state index in [-0.39, 0.29) is 22.7 Å². The first kappa shape index (κ1) is 30.9. The molecule has 3 atom stereocenters. The van der Waals surface area contributed by atoms with Gasteiger partial charge in [-0.15, -0.1) is 0 Å². The maximum absolute atomic E-state index is 13.0. The largest absolute Gasteiger partial charge is 0.414 e. The van der Waals surface area contributed by atoms with Crippen LogP contribution < -0.4 is 16.6 Å². The number of H-pyrrole nitrogens is 1. The average Bonchev–Trinajstić information content (AvgIpc) is 3.39. The highest BCUT2D eigenvalue weighted by molar-refractivity contribution is 6.74. The molecule has 0 spiro atoms. The van der Waals surface area contributed by atoms with Crippen LogP contribution in [0.5, 0.6) is 0 Å². The van der Waals surface area contributed by atoms with Gasteiger partial charge in [0, 0.05) is 24.2 Å². The minimum absolute atomic E-state index is 0.0305. The lowest BCUT2D eigenvalue weighted by Crippen LogP contribution is -2.54. The molecule has 5 rings (SSSR count). The standard InChI is InChI=1S/C35H43N3O4Si/c1-25-23-38(33(40)36-32(25)39)31-22-29(30(42-31)24-41-43(5,6)34(2,3)4)37-35(26-16-10-7-11-17-26,27-18-12-8-13-19-27)28-20-14-9-15-21-28/h7-21,23,29-31,37H,22,24H2,1-6H3,(H,36,39,40)/t29-,30+,31+/m0/s1. The first-order valence-corrected chi connectivity index (χ1v) is 17.9. The summed E-state index contributed by atoms with van der Waals surface area (Å²) in [5, 5.41) is 4.10. The Kier molecular flexibility index (Phi) is 8.76. The van der Waals surface area contributed by atoms with Crippen LogP contribution in [0.2, 0.25) is 18.1 Å². The summed E-state index contributed by atoms with van der Waals surface area (Å²) in [6, 6.07) is 31.2. The quantitative estimate of drug-likeness (QED) is 0.180. The van der Waals surface area contributed by atoms with Gasteiger partial charge in [-0.05, 0) is 41.7 Å². The lowest BCUT2D eigenvalue weighted by Gasteiger charge is -2.41. The van der Waals surface area contributed by atoms with Crippen LogP contribution in [0.15, 0.2) is 107 Å². The molecule has 1 aliphatic heterocycles. The highest BCUT2D eigenvalue weighted by Gasteiger charge is 2.46. The van der Waals surface area contributed by atoms with Gasteiger partial charge < -0.3 is 9.16 Å². The van der Waals surface area contributed by atoms with Crippen LogP contribution in [-0.4, -0.2) is 36.6 Å². The SMILES string of the molecule is Cc1cn([C@H]2C[C@H](NC(c3ccccc3)(c3ccccc3)c3ccccc3)[C@@H](CO[Si](C)(C)C(C)(C)C)O2)c(=O)[nH]c1=O. The summed E-state index contributed by atoms with van der Waals surface area (Å²) in [6.07, 6.45) is 1.17. The van der Waals surface area contributed by atoms with Gasteiger partial charge in [0.05, 0.1) is 18.2 Å².